The highest BCUT2D eigenvalue weighted by Crippen LogP contribution is 2.35. The second kappa shape index (κ2) is 6.43. The Balaban J connectivity index is 2.19. The van der Waals surface area contributed by atoms with Crippen molar-refractivity contribution in [3.63, 3.8) is 0 Å². The van der Waals surface area contributed by atoms with Crippen molar-refractivity contribution < 1.29 is 14.9 Å². The largest absolute Gasteiger partial charge is 0.508 e. The van der Waals surface area contributed by atoms with E-state index >= 15 is 0 Å². The number of benzene rings is 1. The Labute approximate surface area is 120 Å². The second-order valence-corrected chi connectivity index (χ2v) is 5.43. The zero-order valence-electron chi connectivity index (χ0n) is 12.1. The van der Waals surface area contributed by atoms with Crippen LogP contribution in [-0.2, 0) is 4.74 Å². The summed E-state index contributed by atoms with van der Waals surface area (Å²) in [5.74, 6) is 0.376. The maximum Gasteiger partial charge on any atom is 0.120 e. The van der Waals surface area contributed by atoms with Gasteiger partial charge in [0.1, 0.15) is 11.5 Å². The Morgan fingerprint density at radius 2 is 2.20 bits per heavy atom. The maximum absolute atomic E-state index is 10.00. The van der Waals surface area contributed by atoms with E-state index in [0.717, 1.165) is 24.9 Å². The van der Waals surface area contributed by atoms with Gasteiger partial charge in [0, 0.05) is 37.8 Å². The van der Waals surface area contributed by atoms with Gasteiger partial charge in [-0.1, -0.05) is 0 Å². The number of phenols is 2. The third-order valence-electron chi connectivity index (χ3n) is 4.28. The number of hydrogen-bond acceptors (Lipinski definition) is 5. The summed E-state index contributed by atoms with van der Waals surface area (Å²) in [6.45, 7) is 3.46. The average molecular weight is 280 g/mol. The molecule has 3 unspecified atom stereocenters. The third-order valence-corrected chi connectivity index (χ3v) is 4.28. The molecule has 1 aromatic rings. The molecule has 0 aromatic heterocycles. The van der Waals surface area contributed by atoms with Gasteiger partial charge in [0.05, 0.1) is 6.10 Å². The van der Waals surface area contributed by atoms with Crippen molar-refractivity contribution in [2.45, 2.75) is 38.0 Å². The number of aromatic hydroxyl groups is 2. The molecule has 1 saturated heterocycles. The summed E-state index contributed by atoms with van der Waals surface area (Å²) < 4.78 is 5.43. The predicted octanol–water partition coefficient (Wildman–Crippen LogP) is 1.60. The molecule has 1 aromatic carbocycles. The van der Waals surface area contributed by atoms with Crippen LogP contribution in [0.1, 0.15) is 31.4 Å². The van der Waals surface area contributed by atoms with E-state index in [9.17, 15) is 10.2 Å². The van der Waals surface area contributed by atoms with E-state index in [2.05, 4.69) is 4.90 Å². The third kappa shape index (κ3) is 3.06. The number of likely N-dealkylation sites (tertiary alicyclic amines) is 1. The van der Waals surface area contributed by atoms with Gasteiger partial charge < -0.3 is 20.7 Å². The summed E-state index contributed by atoms with van der Waals surface area (Å²) in [5.41, 5.74) is 6.62. The summed E-state index contributed by atoms with van der Waals surface area (Å²) in [7, 11) is 1.73. The predicted molar refractivity (Wildman–Crippen MR) is 77.8 cm³/mol. The molecule has 3 atom stereocenters. The molecule has 0 spiro atoms. The first-order valence-electron chi connectivity index (χ1n) is 7.07. The zero-order valence-corrected chi connectivity index (χ0v) is 12.1. The first-order valence-corrected chi connectivity index (χ1v) is 7.07. The average Bonchev–Trinajstić information content (AvgIpc) is 2.48. The summed E-state index contributed by atoms with van der Waals surface area (Å²) in [4.78, 5) is 2.28. The fraction of sp³-hybridized carbons (Fsp3) is 0.600. The molecule has 1 aliphatic rings. The summed E-state index contributed by atoms with van der Waals surface area (Å²) in [6.07, 6.45) is 2.11. The van der Waals surface area contributed by atoms with E-state index in [1.807, 2.05) is 6.92 Å². The Morgan fingerprint density at radius 3 is 2.85 bits per heavy atom. The minimum Gasteiger partial charge on any atom is -0.508 e. The number of nitrogens with two attached hydrogens (primary N) is 1. The van der Waals surface area contributed by atoms with E-state index in [1.165, 1.54) is 12.1 Å². The van der Waals surface area contributed by atoms with Crippen molar-refractivity contribution in [2.24, 2.45) is 5.73 Å². The van der Waals surface area contributed by atoms with Crippen molar-refractivity contribution in [3.05, 3.63) is 23.8 Å². The highest BCUT2D eigenvalue weighted by molar-refractivity contribution is 5.40. The van der Waals surface area contributed by atoms with Gasteiger partial charge in [0.2, 0.25) is 0 Å². The van der Waals surface area contributed by atoms with Crippen molar-refractivity contribution in [1.82, 2.24) is 4.90 Å². The Morgan fingerprint density at radius 1 is 1.45 bits per heavy atom. The SMILES string of the molecule is COC1CCN(C(C)c2cc(O)ccc2O)C(CN)C1. The van der Waals surface area contributed by atoms with Gasteiger partial charge >= 0.3 is 0 Å². The van der Waals surface area contributed by atoms with Gasteiger partial charge in [-0.3, -0.25) is 4.90 Å². The number of phenolic OH excluding ortho intramolecular Hbond substituents is 2. The van der Waals surface area contributed by atoms with Crippen LogP contribution >= 0.6 is 0 Å². The van der Waals surface area contributed by atoms with E-state index in [4.69, 9.17) is 10.5 Å². The van der Waals surface area contributed by atoms with Crippen LogP contribution in [0.4, 0.5) is 0 Å². The zero-order chi connectivity index (χ0) is 14.7. The molecule has 112 valence electrons. The van der Waals surface area contributed by atoms with E-state index < -0.39 is 0 Å². The summed E-state index contributed by atoms with van der Waals surface area (Å²) in [5, 5.41) is 19.6. The van der Waals surface area contributed by atoms with Crippen LogP contribution in [0, 0.1) is 0 Å². The molecule has 1 aliphatic heterocycles. The van der Waals surface area contributed by atoms with Crippen LogP contribution in [0.3, 0.4) is 0 Å². The number of piperidine rings is 1. The lowest BCUT2D eigenvalue weighted by Crippen LogP contribution is -2.49. The van der Waals surface area contributed by atoms with Gasteiger partial charge in [-0.15, -0.1) is 0 Å². The molecule has 20 heavy (non-hydrogen) atoms. The second-order valence-electron chi connectivity index (χ2n) is 5.43. The minimum atomic E-state index is 0.00783. The Hall–Kier alpha value is -1.30. The summed E-state index contributed by atoms with van der Waals surface area (Å²) >= 11 is 0. The number of rotatable bonds is 4. The van der Waals surface area contributed by atoms with Crippen molar-refractivity contribution in [3.8, 4) is 11.5 Å². The van der Waals surface area contributed by atoms with Gasteiger partial charge in [-0.2, -0.15) is 0 Å². The van der Waals surface area contributed by atoms with Crippen LogP contribution in [0.15, 0.2) is 18.2 Å². The molecule has 0 amide bonds. The van der Waals surface area contributed by atoms with Crippen molar-refractivity contribution >= 4 is 0 Å². The fourth-order valence-corrected chi connectivity index (χ4v) is 3.04. The maximum atomic E-state index is 10.00. The first kappa shape index (κ1) is 15.1. The molecule has 0 saturated carbocycles. The number of ether oxygens (including phenoxy) is 1. The highest BCUT2D eigenvalue weighted by Gasteiger charge is 2.32. The molecule has 0 aliphatic carbocycles. The number of nitrogens with zero attached hydrogens (tertiary/aromatic N) is 1. The molecule has 5 heteroatoms. The van der Waals surface area contributed by atoms with Gasteiger partial charge in [0.15, 0.2) is 0 Å². The molecular weight excluding hydrogens is 256 g/mol. The molecule has 1 fully saturated rings. The van der Waals surface area contributed by atoms with Crippen LogP contribution < -0.4 is 5.73 Å². The molecule has 4 N–H and O–H groups in total. The Bertz CT molecular complexity index is 453. The smallest absolute Gasteiger partial charge is 0.120 e. The lowest BCUT2D eigenvalue weighted by atomic mass is 9.94. The van der Waals surface area contributed by atoms with E-state index in [-0.39, 0.29) is 29.7 Å². The standard InChI is InChI=1S/C15H24N2O3/c1-10(14-8-12(18)3-4-15(14)19)17-6-5-13(20-2)7-11(17)9-16/h3-4,8,10-11,13,18-19H,5-7,9,16H2,1-2H3. The molecule has 0 bridgehead atoms. The van der Waals surface area contributed by atoms with E-state index in [0.29, 0.717) is 6.54 Å². The normalized spacial score (nSPS) is 25.6. The lowest BCUT2D eigenvalue weighted by Gasteiger charge is -2.42. The minimum absolute atomic E-state index is 0.00783. The number of hydrogen-bond donors (Lipinski definition) is 3. The van der Waals surface area contributed by atoms with Gasteiger partial charge in [0.25, 0.3) is 0 Å². The fourth-order valence-electron chi connectivity index (χ4n) is 3.04. The number of methoxy groups -OCH3 is 1. The van der Waals surface area contributed by atoms with Crippen molar-refractivity contribution in [2.75, 3.05) is 20.2 Å². The topological polar surface area (TPSA) is 79.0 Å². The molecule has 1 heterocycles. The highest BCUT2D eigenvalue weighted by atomic mass is 16.5. The van der Waals surface area contributed by atoms with Gasteiger partial charge in [-0.25, -0.2) is 0 Å². The van der Waals surface area contributed by atoms with Crippen LogP contribution in [-0.4, -0.2) is 47.5 Å². The molecule has 5 nitrogen and oxygen atoms in total. The van der Waals surface area contributed by atoms with Crippen LogP contribution in [0.2, 0.25) is 0 Å². The molecule has 2 rings (SSSR count). The first-order chi connectivity index (χ1) is 9.56. The monoisotopic (exact) mass is 280 g/mol. The van der Waals surface area contributed by atoms with Crippen LogP contribution in [0.25, 0.3) is 0 Å². The summed E-state index contributed by atoms with van der Waals surface area (Å²) in [6, 6.07) is 4.87. The van der Waals surface area contributed by atoms with Crippen LogP contribution in [0.5, 0.6) is 11.5 Å². The Kier molecular flexibility index (Phi) is 4.86. The van der Waals surface area contributed by atoms with E-state index in [1.54, 1.807) is 13.2 Å². The lowest BCUT2D eigenvalue weighted by molar-refractivity contribution is -0.00197. The molecule has 0 radical (unpaired) electrons. The quantitative estimate of drug-likeness (QED) is 0.730. The van der Waals surface area contributed by atoms with Crippen molar-refractivity contribution in [1.29, 1.82) is 0 Å². The molecular formula is C15H24N2O3. The van der Waals surface area contributed by atoms with Gasteiger partial charge in [-0.05, 0) is 38.0 Å².